The molecule has 16 bridgehead atoms. The molecule has 18 fully saturated rings. The van der Waals surface area contributed by atoms with E-state index >= 15 is 0 Å². The highest BCUT2D eigenvalue weighted by atomic mass is 15.3. The Labute approximate surface area is 504 Å². The number of fused-ring (bicyclic) bond motifs is 17. The summed E-state index contributed by atoms with van der Waals surface area (Å²) >= 11 is 0. The number of likely N-dealkylation sites (N-methyl/N-ethyl adjacent to an activating group) is 2. The van der Waals surface area contributed by atoms with Crippen molar-refractivity contribution < 1.29 is 0 Å². The van der Waals surface area contributed by atoms with Crippen LogP contribution < -0.4 is 10.6 Å². The molecule has 14 aliphatic heterocycles. The number of nitrogens with zero attached hydrogens (tertiary/aromatic N) is 9. The molecule has 11 nitrogen and oxygen atoms in total. The Hall–Kier alpha value is -0.440. The molecule has 18 rings (SSSR count). The van der Waals surface area contributed by atoms with E-state index in [0.29, 0.717) is 0 Å². The Morgan fingerprint density at radius 1 is 0.259 bits per heavy atom. The standard InChI is InChI=1S/C9H17N.2C8H15N.2C7H14N2.4C7H13N.3CH4/c1-10-8-4-2-5-9(10)7-3-6-8;1-9-5-7-3-2-4-8(7)6-9;1-9-7-3-2-4-8(9)6-5-7;1-9-4-6-2-3-7(5-9)8-6;1-9-6-2-3-7(9)5-8-4-6;3*1-8-5-6-2-3-7(8)4-6;1-8-6-2-3-7(8)5-4-6;;;/h8-9H,2-7H2,1H3;2*7-8H,2-6H2,1H3;2*6-8H,2-5H2,1H3;4*6-7H,2-5H2,1H3;3*1H4/t;;;;;2*6-,7+;;;;;/m.....10...../s1. The highest BCUT2D eigenvalue weighted by Crippen LogP contribution is 2.40. The van der Waals surface area contributed by atoms with Gasteiger partial charge in [-0.25, -0.2) is 0 Å². The first-order chi connectivity index (χ1) is 37.8. The fraction of sp³-hybridized carbons (Fsp3) is 1.00. The zero-order valence-electron chi connectivity index (χ0n) is 52.7. The summed E-state index contributed by atoms with van der Waals surface area (Å²) in [4.78, 5) is 22.7. The number of rotatable bonds is 0. The Balaban J connectivity index is 0.000000131. The van der Waals surface area contributed by atoms with E-state index in [0.717, 1.165) is 108 Å². The molecule has 11 heteroatoms. The Morgan fingerprint density at radius 3 is 0.790 bits per heavy atom. The number of likely N-dealkylation sites (tertiary alicyclic amines) is 5. The minimum Gasteiger partial charge on any atom is -0.314 e. The van der Waals surface area contributed by atoms with Crippen LogP contribution in [0.25, 0.3) is 0 Å². The maximum Gasteiger partial charge on any atom is 0.0221 e. The smallest absolute Gasteiger partial charge is 0.0221 e. The number of nitrogens with one attached hydrogen (secondary N) is 2. The van der Waals surface area contributed by atoms with Crippen molar-refractivity contribution in [3.63, 3.8) is 0 Å². The minimum atomic E-state index is 0. The number of hydrogen-bond acceptors (Lipinski definition) is 11. The molecule has 0 radical (unpaired) electrons. The summed E-state index contributed by atoms with van der Waals surface area (Å²) in [5, 5.41) is 7.01. The molecular weight excluding hydrogens is 995 g/mol. The van der Waals surface area contributed by atoms with Crippen LogP contribution in [0.3, 0.4) is 0 Å². The Kier molecular flexibility index (Phi) is 27.5. The molecule has 18 aliphatic rings. The van der Waals surface area contributed by atoms with Gasteiger partial charge in [0.2, 0.25) is 0 Å². The summed E-state index contributed by atoms with van der Waals surface area (Å²) in [6.45, 7) is 11.8. The molecule has 14 saturated heterocycles. The van der Waals surface area contributed by atoms with Crippen LogP contribution in [0.1, 0.15) is 221 Å². The normalized spacial score (nSPS) is 42.8. The lowest BCUT2D eigenvalue weighted by Crippen LogP contribution is -2.49. The summed E-state index contributed by atoms with van der Waals surface area (Å²) in [6.07, 6.45) is 45.7. The second-order valence-electron chi connectivity index (χ2n) is 30.5. The van der Waals surface area contributed by atoms with Gasteiger partial charge < -0.3 is 49.8 Å². The largest absolute Gasteiger partial charge is 0.314 e. The van der Waals surface area contributed by atoms with Crippen molar-refractivity contribution in [3.05, 3.63) is 0 Å². The van der Waals surface area contributed by atoms with Crippen LogP contribution in [0.2, 0.25) is 0 Å². The Morgan fingerprint density at radius 2 is 0.531 bits per heavy atom. The van der Waals surface area contributed by atoms with E-state index < -0.39 is 0 Å². The van der Waals surface area contributed by atoms with Gasteiger partial charge in [0.15, 0.2) is 0 Å². The summed E-state index contributed by atoms with van der Waals surface area (Å²) in [5.41, 5.74) is 0. The third-order valence-corrected chi connectivity index (χ3v) is 25.3. The molecule has 0 amide bonds. The van der Waals surface area contributed by atoms with Gasteiger partial charge in [-0.1, -0.05) is 48.0 Å². The second kappa shape index (κ2) is 32.7. The van der Waals surface area contributed by atoms with Crippen molar-refractivity contribution in [2.45, 2.75) is 300 Å². The first kappa shape index (κ1) is 68.1. The van der Waals surface area contributed by atoms with Crippen LogP contribution >= 0.6 is 0 Å². The molecule has 10 unspecified atom stereocenters. The summed E-state index contributed by atoms with van der Waals surface area (Å²) in [6, 6.07) is 12.0. The van der Waals surface area contributed by atoms with Crippen molar-refractivity contribution in [2.75, 3.05) is 122 Å². The van der Waals surface area contributed by atoms with E-state index in [-0.39, 0.29) is 22.3 Å². The van der Waals surface area contributed by atoms with E-state index in [1.54, 1.807) is 0 Å². The van der Waals surface area contributed by atoms with Crippen molar-refractivity contribution in [3.8, 4) is 0 Å². The second-order valence-corrected chi connectivity index (χ2v) is 30.5. The Bertz CT molecular complexity index is 1560. The summed E-state index contributed by atoms with van der Waals surface area (Å²) in [5.74, 6) is 5.38. The maximum atomic E-state index is 3.58. The van der Waals surface area contributed by atoms with E-state index in [4.69, 9.17) is 0 Å². The van der Waals surface area contributed by atoms with E-state index in [1.165, 1.54) is 258 Å². The molecule has 4 aliphatic carbocycles. The predicted molar refractivity (Wildman–Crippen MR) is 350 cm³/mol. The fourth-order valence-corrected chi connectivity index (χ4v) is 20.1. The highest BCUT2D eigenvalue weighted by Gasteiger charge is 2.40. The third-order valence-electron chi connectivity index (χ3n) is 25.3. The maximum absolute atomic E-state index is 3.58. The SMILES string of the molecule is C.C.C.CN1C2CCC1CC2.CN1C2CCC1CNC2.CN1C2CCCC1CC2.CN1C2CCCC1CCC2.CN1CC2CCC(C1)N2.CN1CC2CCC1C2.CN1CC2CCCC2C1.CN1C[C@@H]2CC[C@H]1C2.CN1C[C@H]2CC[C@@H]1C2. The average Bonchev–Trinajstić information content (AvgIpc) is 4.28. The van der Waals surface area contributed by atoms with Gasteiger partial charge >= 0.3 is 0 Å². The molecule has 14 heterocycles. The van der Waals surface area contributed by atoms with Gasteiger partial charge in [0, 0.05) is 137 Å². The first-order valence-electron chi connectivity index (χ1n) is 34.6. The monoisotopic (exact) mass is 1130 g/mol. The van der Waals surface area contributed by atoms with Gasteiger partial charge in [0.1, 0.15) is 0 Å². The number of hydrogen-bond donors (Lipinski definition) is 2. The molecule has 4 saturated carbocycles. The zero-order chi connectivity index (χ0) is 54.3. The number of piperidine rings is 6. The molecule has 0 spiro atoms. The molecule has 0 aromatic heterocycles. The zero-order valence-corrected chi connectivity index (χ0v) is 52.7. The number of piperazine rings is 2. The van der Waals surface area contributed by atoms with Crippen molar-refractivity contribution in [2.24, 2.45) is 29.6 Å². The van der Waals surface area contributed by atoms with Gasteiger partial charge in [-0.15, -0.1) is 0 Å². The van der Waals surface area contributed by atoms with Crippen molar-refractivity contribution in [1.29, 1.82) is 0 Å². The van der Waals surface area contributed by atoms with Gasteiger partial charge in [-0.05, 0) is 266 Å². The van der Waals surface area contributed by atoms with Crippen LogP contribution in [0.15, 0.2) is 0 Å². The molecule has 81 heavy (non-hydrogen) atoms. The van der Waals surface area contributed by atoms with Gasteiger partial charge in [-0.2, -0.15) is 0 Å². The topological polar surface area (TPSA) is 53.2 Å². The minimum absolute atomic E-state index is 0. The summed E-state index contributed by atoms with van der Waals surface area (Å²) < 4.78 is 0. The highest BCUT2D eigenvalue weighted by molar-refractivity contribution is 4.96. The molecule has 0 aromatic carbocycles. The van der Waals surface area contributed by atoms with Crippen LogP contribution in [-0.2, 0) is 0 Å². The predicted octanol–water partition coefficient (Wildman–Crippen LogP) is 11.6. The van der Waals surface area contributed by atoms with E-state index in [1.807, 2.05) is 0 Å². The van der Waals surface area contributed by atoms with E-state index in [9.17, 15) is 0 Å². The lowest BCUT2D eigenvalue weighted by atomic mass is 9.85. The van der Waals surface area contributed by atoms with Crippen LogP contribution in [0.4, 0.5) is 0 Å². The molecular formula is C70H139N11. The van der Waals surface area contributed by atoms with Gasteiger partial charge in [-0.3, -0.25) is 4.90 Å². The van der Waals surface area contributed by atoms with Crippen LogP contribution in [0.5, 0.6) is 0 Å². The molecule has 14 atom stereocenters. The molecule has 474 valence electrons. The summed E-state index contributed by atoms with van der Waals surface area (Å²) in [7, 11) is 20.4. The quantitative estimate of drug-likeness (QED) is 0.244. The van der Waals surface area contributed by atoms with Gasteiger partial charge in [0.05, 0.1) is 0 Å². The average molecular weight is 1130 g/mol. The van der Waals surface area contributed by atoms with Crippen LogP contribution in [-0.4, -0.2) is 245 Å². The van der Waals surface area contributed by atoms with Crippen molar-refractivity contribution in [1.82, 2.24) is 54.7 Å². The van der Waals surface area contributed by atoms with E-state index in [2.05, 4.69) is 118 Å². The molecule has 2 N–H and O–H groups in total. The molecule has 0 aromatic rings. The van der Waals surface area contributed by atoms with Crippen molar-refractivity contribution >= 4 is 0 Å². The van der Waals surface area contributed by atoms with Gasteiger partial charge in [0.25, 0.3) is 0 Å². The fourth-order valence-electron chi connectivity index (χ4n) is 20.1. The third kappa shape index (κ3) is 18.3. The lowest BCUT2D eigenvalue weighted by Gasteiger charge is -2.43. The lowest BCUT2D eigenvalue weighted by molar-refractivity contribution is 0.0673. The first-order valence-corrected chi connectivity index (χ1v) is 34.6. The van der Waals surface area contributed by atoms with Crippen LogP contribution in [0, 0.1) is 29.6 Å².